The number of ether oxygens (including phenoxy) is 1. The molecule has 0 spiro atoms. The number of methoxy groups -OCH3 is 1. The number of rotatable bonds is 4. The first-order chi connectivity index (χ1) is 10.8. The van der Waals surface area contributed by atoms with Gasteiger partial charge in [0.15, 0.2) is 5.82 Å². The van der Waals surface area contributed by atoms with Crippen molar-refractivity contribution in [2.45, 2.75) is 44.8 Å². The van der Waals surface area contributed by atoms with E-state index in [2.05, 4.69) is 39.5 Å². The van der Waals surface area contributed by atoms with Gasteiger partial charge in [-0.1, -0.05) is 6.07 Å². The van der Waals surface area contributed by atoms with Gasteiger partial charge in [0.25, 0.3) is 0 Å². The van der Waals surface area contributed by atoms with Gasteiger partial charge in [-0.05, 0) is 59.9 Å². The van der Waals surface area contributed by atoms with Crippen molar-refractivity contribution >= 4 is 0 Å². The van der Waals surface area contributed by atoms with Gasteiger partial charge in [0.05, 0.1) is 19.2 Å². The van der Waals surface area contributed by atoms with Crippen LogP contribution in [0.25, 0.3) is 0 Å². The molecular weight excluding hydrogens is 278 g/mol. The molecule has 0 radical (unpaired) electrons. The van der Waals surface area contributed by atoms with Gasteiger partial charge in [-0.3, -0.25) is 4.90 Å². The summed E-state index contributed by atoms with van der Waals surface area (Å²) in [5.41, 5.74) is 2.77. The molecule has 6 nitrogen and oxygen atoms in total. The maximum atomic E-state index is 5.35. The van der Waals surface area contributed by atoms with Gasteiger partial charge in [0.2, 0.25) is 0 Å². The first kappa shape index (κ1) is 13.7. The highest BCUT2D eigenvalue weighted by molar-refractivity contribution is 5.37. The zero-order valence-electron chi connectivity index (χ0n) is 13.1. The van der Waals surface area contributed by atoms with E-state index in [1.165, 1.54) is 24.0 Å². The van der Waals surface area contributed by atoms with Crippen molar-refractivity contribution in [3.8, 4) is 5.75 Å². The number of tetrazole rings is 1. The van der Waals surface area contributed by atoms with Crippen LogP contribution < -0.4 is 4.74 Å². The summed E-state index contributed by atoms with van der Waals surface area (Å²) in [6.07, 6.45) is 3.46. The van der Waals surface area contributed by atoms with Gasteiger partial charge >= 0.3 is 0 Å². The first-order valence-electron chi connectivity index (χ1n) is 7.94. The summed E-state index contributed by atoms with van der Waals surface area (Å²) in [4.78, 5) is 2.45. The lowest BCUT2D eigenvalue weighted by atomic mass is 9.98. The fraction of sp³-hybridized carbons (Fsp3) is 0.562. The van der Waals surface area contributed by atoms with Crippen LogP contribution in [0.5, 0.6) is 5.75 Å². The molecule has 1 aromatic heterocycles. The van der Waals surface area contributed by atoms with E-state index in [0.29, 0.717) is 6.04 Å². The van der Waals surface area contributed by atoms with Crippen LogP contribution in [-0.2, 0) is 13.0 Å². The molecule has 22 heavy (non-hydrogen) atoms. The molecule has 1 aliphatic heterocycles. The van der Waals surface area contributed by atoms with Crippen LogP contribution >= 0.6 is 0 Å². The van der Waals surface area contributed by atoms with Crippen molar-refractivity contribution in [3.05, 3.63) is 35.2 Å². The Morgan fingerprint density at radius 3 is 2.91 bits per heavy atom. The van der Waals surface area contributed by atoms with Gasteiger partial charge in [0, 0.05) is 13.1 Å². The van der Waals surface area contributed by atoms with Crippen molar-refractivity contribution < 1.29 is 4.74 Å². The Morgan fingerprint density at radius 1 is 1.27 bits per heavy atom. The fourth-order valence-electron chi connectivity index (χ4n) is 3.23. The molecule has 0 saturated heterocycles. The third-order valence-electron chi connectivity index (χ3n) is 4.79. The average molecular weight is 299 g/mol. The van der Waals surface area contributed by atoms with E-state index in [-0.39, 0.29) is 6.04 Å². The normalized spacial score (nSPS) is 19.7. The molecule has 2 aliphatic rings. The van der Waals surface area contributed by atoms with Gasteiger partial charge < -0.3 is 4.74 Å². The minimum atomic E-state index is 0.231. The number of aromatic nitrogens is 4. The second kappa shape index (κ2) is 5.35. The lowest BCUT2D eigenvalue weighted by molar-refractivity contribution is 0.180. The number of hydrogen-bond acceptors (Lipinski definition) is 5. The summed E-state index contributed by atoms with van der Waals surface area (Å²) >= 11 is 0. The molecule has 0 amide bonds. The summed E-state index contributed by atoms with van der Waals surface area (Å²) in [7, 11) is 1.72. The smallest absolute Gasteiger partial charge is 0.168 e. The van der Waals surface area contributed by atoms with E-state index in [0.717, 1.165) is 31.1 Å². The highest BCUT2D eigenvalue weighted by Crippen LogP contribution is 2.37. The average Bonchev–Trinajstić information content (AvgIpc) is 3.30. The van der Waals surface area contributed by atoms with Gasteiger partial charge in [-0.2, -0.15) is 0 Å². The Morgan fingerprint density at radius 2 is 2.14 bits per heavy atom. The number of fused-ring (bicyclic) bond motifs is 1. The Hall–Kier alpha value is -1.95. The highest BCUT2D eigenvalue weighted by atomic mass is 16.5. The summed E-state index contributed by atoms with van der Waals surface area (Å²) < 4.78 is 7.37. The Labute approximate surface area is 130 Å². The predicted octanol–water partition coefficient (Wildman–Crippen LogP) is 2.14. The largest absolute Gasteiger partial charge is 0.497 e. The third kappa shape index (κ3) is 2.37. The van der Waals surface area contributed by atoms with Gasteiger partial charge in [0.1, 0.15) is 5.75 Å². The van der Waals surface area contributed by atoms with Crippen molar-refractivity contribution in [3.63, 3.8) is 0 Å². The van der Waals surface area contributed by atoms with Crippen molar-refractivity contribution in [2.24, 2.45) is 0 Å². The number of nitrogens with zero attached hydrogens (tertiary/aromatic N) is 5. The topological polar surface area (TPSA) is 56.1 Å². The highest BCUT2D eigenvalue weighted by Gasteiger charge is 2.32. The van der Waals surface area contributed by atoms with Crippen LogP contribution in [0.1, 0.15) is 48.8 Å². The minimum absolute atomic E-state index is 0.231. The second-order valence-electron chi connectivity index (χ2n) is 6.24. The standard InChI is InChI=1S/C16H21N5O/c1-11(16-17-18-19-21(16)14-4-5-14)20-8-7-12-3-6-15(22-2)9-13(12)10-20/h3,6,9,11,14H,4-5,7-8,10H2,1-2H3. The van der Waals surface area contributed by atoms with E-state index < -0.39 is 0 Å². The first-order valence-corrected chi connectivity index (χ1v) is 7.94. The SMILES string of the molecule is COc1ccc2c(c1)CN(C(C)c1nnnn1C1CC1)CC2. The van der Waals surface area contributed by atoms with Crippen LogP contribution in [0.4, 0.5) is 0 Å². The molecule has 1 fully saturated rings. The summed E-state index contributed by atoms with van der Waals surface area (Å²) in [5, 5.41) is 12.3. The maximum absolute atomic E-state index is 5.35. The maximum Gasteiger partial charge on any atom is 0.168 e. The second-order valence-corrected chi connectivity index (χ2v) is 6.24. The van der Waals surface area contributed by atoms with Crippen LogP contribution in [-0.4, -0.2) is 38.8 Å². The quantitative estimate of drug-likeness (QED) is 0.865. The number of hydrogen-bond donors (Lipinski definition) is 0. The summed E-state index contributed by atoms with van der Waals surface area (Å²) in [6.45, 7) is 4.17. The Balaban J connectivity index is 1.57. The van der Waals surface area contributed by atoms with Crippen molar-refractivity contribution in [1.29, 1.82) is 0 Å². The summed E-state index contributed by atoms with van der Waals surface area (Å²) in [6, 6.07) is 7.13. The molecule has 0 bridgehead atoms. The zero-order valence-corrected chi connectivity index (χ0v) is 13.1. The third-order valence-corrected chi connectivity index (χ3v) is 4.79. The molecule has 116 valence electrons. The van der Waals surface area contributed by atoms with Crippen molar-refractivity contribution in [1.82, 2.24) is 25.1 Å². The molecule has 4 rings (SSSR count). The lowest BCUT2D eigenvalue weighted by Crippen LogP contribution is -2.34. The molecule has 1 aromatic carbocycles. The predicted molar refractivity (Wildman–Crippen MR) is 81.6 cm³/mol. The fourth-order valence-corrected chi connectivity index (χ4v) is 3.23. The van der Waals surface area contributed by atoms with E-state index in [4.69, 9.17) is 4.74 Å². The Bertz CT molecular complexity index is 679. The molecule has 2 aromatic rings. The molecule has 0 N–H and O–H groups in total. The molecule has 1 aliphatic carbocycles. The minimum Gasteiger partial charge on any atom is -0.497 e. The van der Waals surface area contributed by atoms with E-state index in [1.54, 1.807) is 7.11 Å². The molecule has 2 heterocycles. The number of benzene rings is 1. The van der Waals surface area contributed by atoms with Crippen LogP contribution in [0, 0.1) is 0 Å². The zero-order chi connectivity index (χ0) is 15.1. The molecule has 1 saturated carbocycles. The molecular formula is C16H21N5O. The molecule has 1 atom stereocenters. The lowest BCUT2D eigenvalue weighted by Gasteiger charge is -2.33. The van der Waals surface area contributed by atoms with Crippen LogP contribution in [0.3, 0.4) is 0 Å². The van der Waals surface area contributed by atoms with Crippen molar-refractivity contribution in [2.75, 3.05) is 13.7 Å². The Kier molecular flexibility index (Phi) is 3.33. The van der Waals surface area contributed by atoms with E-state index in [1.807, 2.05) is 10.7 Å². The van der Waals surface area contributed by atoms with E-state index >= 15 is 0 Å². The molecule has 6 heteroatoms. The summed E-state index contributed by atoms with van der Waals surface area (Å²) in [5.74, 6) is 1.92. The van der Waals surface area contributed by atoms with Crippen LogP contribution in [0.15, 0.2) is 18.2 Å². The van der Waals surface area contributed by atoms with Crippen LogP contribution in [0.2, 0.25) is 0 Å². The molecule has 1 unspecified atom stereocenters. The van der Waals surface area contributed by atoms with Gasteiger partial charge in [-0.25, -0.2) is 4.68 Å². The van der Waals surface area contributed by atoms with E-state index in [9.17, 15) is 0 Å². The monoisotopic (exact) mass is 299 g/mol. The van der Waals surface area contributed by atoms with Gasteiger partial charge in [-0.15, -0.1) is 5.10 Å².